The van der Waals surface area contributed by atoms with Crippen LogP contribution in [0, 0.1) is 6.92 Å². The fourth-order valence-corrected chi connectivity index (χ4v) is 1.41. The molecule has 0 atom stereocenters. The lowest BCUT2D eigenvalue weighted by molar-refractivity contribution is 0.0924. The van der Waals surface area contributed by atoms with E-state index in [-0.39, 0.29) is 11.7 Å². The number of aromatic amines is 1. The van der Waals surface area contributed by atoms with Crippen molar-refractivity contribution in [3.05, 3.63) is 30.0 Å². The van der Waals surface area contributed by atoms with E-state index in [0.717, 1.165) is 18.7 Å². The van der Waals surface area contributed by atoms with Crippen molar-refractivity contribution >= 4 is 5.91 Å². The number of oxazole rings is 1. The number of H-pyrrole nitrogens is 1. The highest BCUT2D eigenvalue weighted by atomic mass is 16.3. The van der Waals surface area contributed by atoms with Crippen molar-refractivity contribution in [1.29, 1.82) is 0 Å². The SMILES string of the molecule is Cc1ncoc1C(=O)NCCCc1ncn[nH]1. The standard InChI is InChI=1S/C10H13N5O2/c1-7-9(17-6-13-7)10(16)11-4-2-3-8-12-5-14-15-8/h5-6H,2-4H2,1H3,(H,11,16)(H,12,14,15). The van der Waals surface area contributed by atoms with Gasteiger partial charge >= 0.3 is 0 Å². The Kier molecular flexibility index (Phi) is 3.49. The quantitative estimate of drug-likeness (QED) is 0.734. The first-order valence-corrected chi connectivity index (χ1v) is 5.30. The zero-order valence-corrected chi connectivity index (χ0v) is 9.43. The largest absolute Gasteiger partial charge is 0.438 e. The molecule has 0 spiro atoms. The fraction of sp³-hybridized carbons (Fsp3) is 0.400. The van der Waals surface area contributed by atoms with E-state index in [9.17, 15) is 4.79 Å². The van der Waals surface area contributed by atoms with Gasteiger partial charge in [0.05, 0.1) is 5.69 Å². The van der Waals surface area contributed by atoms with Gasteiger partial charge in [-0.05, 0) is 13.3 Å². The molecule has 7 heteroatoms. The fourth-order valence-electron chi connectivity index (χ4n) is 1.41. The molecule has 0 unspecified atom stereocenters. The van der Waals surface area contributed by atoms with Crippen LogP contribution in [0.4, 0.5) is 0 Å². The summed E-state index contributed by atoms with van der Waals surface area (Å²) in [4.78, 5) is 19.5. The Morgan fingerprint density at radius 1 is 1.53 bits per heavy atom. The summed E-state index contributed by atoms with van der Waals surface area (Å²) in [7, 11) is 0. The van der Waals surface area contributed by atoms with Crippen LogP contribution in [0.25, 0.3) is 0 Å². The van der Waals surface area contributed by atoms with Gasteiger partial charge < -0.3 is 9.73 Å². The highest BCUT2D eigenvalue weighted by Crippen LogP contribution is 2.04. The zero-order valence-electron chi connectivity index (χ0n) is 9.43. The molecule has 2 aromatic rings. The van der Waals surface area contributed by atoms with Crippen molar-refractivity contribution in [2.24, 2.45) is 0 Å². The molecular weight excluding hydrogens is 222 g/mol. The molecule has 2 aromatic heterocycles. The van der Waals surface area contributed by atoms with Gasteiger partial charge in [0.25, 0.3) is 5.91 Å². The third-order valence-electron chi connectivity index (χ3n) is 2.29. The highest BCUT2D eigenvalue weighted by molar-refractivity contribution is 5.92. The lowest BCUT2D eigenvalue weighted by atomic mass is 10.3. The predicted octanol–water partition coefficient (Wildman–Crippen LogP) is 0.464. The van der Waals surface area contributed by atoms with Crippen molar-refractivity contribution in [1.82, 2.24) is 25.5 Å². The maximum Gasteiger partial charge on any atom is 0.288 e. The van der Waals surface area contributed by atoms with Crippen LogP contribution in [0.5, 0.6) is 0 Å². The van der Waals surface area contributed by atoms with Crippen molar-refractivity contribution in [3.8, 4) is 0 Å². The molecule has 0 aliphatic carbocycles. The molecule has 0 bridgehead atoms. The number of carbonyl (C=O) groups excluding carboxylic acids is 1. The van der Waals surface area contributed by atoms with Gasteiger partial charge in [0, 0.05) is 13.0 Å². The van der Waals surface area contributed by atoms with Crippen LogP contribution in [0.2, 0.25) is 0 Å². The summed E-state index contributed by atoms with van der Waals surface area (Å²) in [6.07, 6.45) is 4.26. The van der Waals surface area contributed by atoms with Gasteiger partial charge in [-0.15, -0.1) is 0 Å². The maximum absolute atomic E-state index is 11.6. The normalized spacial score (nSPS) is 10.4. The maximum atomic E-state index is 11.6. The van der Waals surface area contributed by atoms with Crippen LogP contribution >= 0.6 is 0 Å². The molecule has 0 fully saturated rings. The third kappa shape index (κ3) is 2.90. The number of carbonyl (C=O) groups is 1. The summed E-state index contributed by atoms with van der Waals surface area (Å²) < 4.78 is 4.98. The summed E-state index contributed by atoms with van der Waals surface area (Å²) in [6, 6.07) is 0. The topological polar surface area (TPSA) is 96.7 Å². The third-order valence-corrected chi connectivity index (χ3v) is 2.29. The van der Waals surface area contributed by atoms with Crippen molar-refractivity contribution in [2.75, 3.05) is 6.54 Å². The van der Waals surface area contributed by atoms with Crippen LogP contribution in [0.1, 0.15) is 28.5 Å². The molecular formula is C10H13N5O2. The van der Waals surface area contributed by atoms with Crippen LogP contribution < -0.4 is 5.32 Å². The molecule has 1 amide bonds. The first-order valence-electron chi connectivity index (χ1n) is 5.30. The van der Waals surface area contributed by atoms with Gasteiger partial charge in [-0.2, -0.15) is 5.10 Å². The van der Waals surface area contributed by atoms with Crippen LogP contribution in [-0.2, 0) is 6.42 Å². The summed E-state index contributed by atoms with van der Waals surface area (Å²) in [5.41, 5.74) is 0.595. The second-order valence-electron chi connectivity index (χ2n) is 3.56. The second-order valence-corrected chi connectivity index (χ2v) is 3.56. The summed E-state index contributed by atoms with van der Waals surface area (Å²) >= 11 is 0. The number of hydrogen-bond donors (Lipinski definition) is 2. The monoisotopic (exact) mass is 235 g/mol. The zero-order chi connectivity index (χ0) is 12.1. The van der Waals surface area contributed by atoms with Crippen molar-refractivity contribution < 1.29 is 9.21 Å². The van der Waals surface area contributed by atoms with E-state index in [1.807, 2.05) is 0 Å². The Bertz CT molecular complexity index is 477. The van der Waals surface area contributed by atoms with E-state index < -0.39 is 0 Å². The van der Waals surface area contributed by atoms with E-state index in [0.29, 0.717) is 12.2 Å². The van der Waals surface area contributed by atoms with E-state index in [4.69, 9.17) is 4.42 Å². The summed E-state index contributed by atoms with van der Waals surface area (Å²) in [5.74, 6) is 0.845. The lowest BCUT2D eigenvalue weighted by Gasteiger charge is -2.01. The van der Waals surface area contributed by atoms with Gasteiger partial charge in [0.15, 0.2) is 6.39 Å². The first-order chi connectivity index (χ1) is 8.27. The molecule has 2 heterocycles. The van der Waals surface area contributed by atoms with E-state index in [1.54, 1.807) is 6.92 Å². The van der Waals surface area contributed by atoms with Gasteiger partial charge in [0.2, 0.25) is 5.76 Å². The molecule has 0 aromatic carbocycles. The number of hydrogen-bond acceptors (Lipinski definition) is 5. The van der Waals surface area contributed by atoms with E-state index in [1.165, 1.54) is 12.7 Å². The van der Waals surface area contributed by atoms with Gasteiger partial charge in [-0.1, -0.05) is 0 Å². The molecule has 0 saturated heterocycles. The van der Waals surface area contributed by atoms with Crippen molar-refractivity contribution in [2.45, 2.75) is 19.8 Å². The van der Waals surface area contributed by atoms with E-state index >= 15 is 0 Å². The highest BCUT2D eigenvalue weighted by Gasteiger charge is 2.12. The number of amides is 1. The number of rotatable bonds is 5. The van der Waals surface area contributed by atoms with Gasteiger partial charge in [0.1, 0.15) is 12.2 Å². The molecule has 90 valence electrons. The second kappa shape index (κ2) is 5.24. The molecule has 0 saturated carbocycles. The van der Waals surface area contributed by atoms with Crippen LogP contribution in [0.15, 0.2) is 17.1 Å². The van der Waals surface area contributed by atoms with E-state index in [2.05, 4.69) is 25.5 Å². The Labute approximate surface area is 97.7 Å². The average Bonchev–Trinajstić information content (AvgIpc) is 2.95. The molecule has 2 rings (SSSR count). The minimum Gasteiger partial charge on any atom is -0.438 e. The average molecular weight is 235 g/mol. The number of aryl methyl sites for hydroxylation is 2. The number of aromatic nitrogens is 4. The molecule has 2 N–H and O–H groups in total. The predicted molar refractivity (Wildman–Crippen MR) is 58.3 cm³/mol. The van der Waals surface area contributed by atoms with Gasteiger partial charge in [-0.25, -0.2) is 9.97 Å². The first kappa shape index (κ1) is 11.3. The smallest absolute Gasteiger partial charge is 0.288 e. The lowest BCUT2D eigenvalue weighted by Crippen LogP contribution is -2.25. The Hall–Kier alpha value is -2.18. The minimum absolute atomic E-state index is 0.238. The molecule has 17 heavy (non-hydrogen) atoms. The Morgan fingerprint density at radius 2 is 2.41 bits per heavy atom. The Balaban J connectivity index is 1.72. The molecule has 0 aliphatic rings. The molecule has 0 aliphatic heterocycles. The van der Waals surface area contributed by atoms with Gasteiger partial charge in [-0.3, -0.25) is 9.89 Å². The van der Waals surface area contributed by atoms with Crippen LogP contribution in [0.3, 0.4) is 0 Å². The molecule has 7 nitrogen and oxygen atoms in total. The van der Waals surface area contributed by atoms with Crippen molar-refractivity contribution in [3.63, 3.8) is 0 Å². The summed E-state index contributed by atoms with van der Waals surface area (Å²) in [5, 5.41) is 9.25. The Morgan fingerprint density at radius 3 is 3.06 bits per heavy atom. The minimum atomic E-state index is -0.238. The van der Waals surface area contributed by atoms with Crippen LogP contribution in [-0.4, -0.2) is 32.6 Å². The number of nitrogens with zero attached hydrogens (tertiary/aromatic N) is 3. The number of nitrogens with one attached hydrogen (secondary N) is 2. The molecule has 0 radical (unpaired) electrons. The summed E-state index contributed by atoms with van der Waals surface area (Å²) in [6.45, 7) is 2.28.